The molecule has 1 heterocycles. The molecule has 18 heavy (non-hydrogen) atoms. The van der Waals surface area contributed by atoms with Crippen LogP contribution in [0.1, 0.15) is 37.9 Å². The van der Waals surface area contributed by atoms with E-state index < -0.39 is 6.10 Å². The van der Waals surface area contributed by atoms with E-state index in [0.717, 1.165) is 13.0 Å². The second-order valence-corrected chi connectivity index (χ2v) is 6.08. The average molecular weight is 248 g/mol. The Bertz CT molecular complexity index is 398. The highest BCUT2D eigenvalue weighted by atomic mass is 16.3. The molecule has 1 aromatic carbocycles. The third kappa shape index (κ3) is 3.31. The van der Waals surface area contributed by atoms with Crippen LogP contribution in [0.25, 0.3) is 0 Å². The number of hydrogen-bond donors (Lipinski definition) is 3. The average Bonchev–Trinajstić information content (AvgIpc) is 2.34. The van der Waals surface area contributed by atoms with Gasteiger partial charge < -0.3 is 15.7 Å². The molecule has 0 radical (unpaired) electrons. The molecule has 2 rings (SSSR count). The molecule has 2 unspecified atom stereocenters. The summed E-state index contributed by atoms with van der Waals surface area (Å²) in [4.78, 5) is 0. The Labute approximate surface area is 110 Å². The second kappa shape index (κ2) is 5.39. The molecular weight excluding hydrogens is 224 g/mol. The Hall–Kier alpha value is -0.900. The Kier molecular flexibility index (Phi) is 4.05. The first kappa shape index (κ1) is 13.5. The molecule has 1 aromatic rings. The van der Waals surface area contributed by atoms with Gasteiger partial charge in [0.05, 0.1) is 12.1 Å². The summed E-state index contributed by atoms with van der Waals surface area (Å²) in [7, 11) is 0. The van der Waals surface area contributed by atoms with Crippen LogP contribution in [0.4, 0.5) is 0 Å². The lowest BCUT2D eigenvalue weighted by Gasteiger charge is -2.32. The molecule has 0 amide bonds. The van der Waals surface area contributed by atoms with Crippen molar-refractivity contribution in [3.8, 4) is 0 Å². The molecule has 2 atom stereocenters. The van der Waals surface area contributed by atoms with E-state index in [9.17, 15) is 5.11 Å². The summed E-state index contributed by atoms with van der Waals surface area (Å²) in [6.45, 7) is 7.88. The van der Waals surface area contributed by atoms with Gasteiger partial charge in [-0.1, -0.05) is 24.3 Å². The predicted octanol–water partition coefficient (Wildman–Crippen LogP) is 1.62. The summed E-state index contributed by atoms with van der Waals surface area (Å²) in [5.74, 6) is 0. The Morgan fingerprint density at radius 1 is 1.39 bits per heavy atom. The first-order valence-electron chi connectivity index (χ1n) is 6.72. The Balaban J connectivity index is 2.06. The van der Waals surface area contributed by atoms with Crippen LogP contribution in [0.2, 0.25) is 0 Å². The fourth-order valence-electron chi connectivity index (χ4n) is 2.41. The van der Waals surface area contributed by atoms with E-state index in [1.54, 1.807) is 0 Å². The molecule has 0 bridgehead atoms. The van der Waals surface area contributed by atoms with E-state index in [1.807, 2.05) is 6.07 Å². The van der Waals surface area contributed by atoms with Crippen LogP contribution in [0, 0.1) is 0 Å². The number of fused-ring (bicyclic) bond motifs is 1. The van der Waals surface area contributed by atoms with Crippen LogP contribution in [0.3, 0.4) is 0 Å². The third-order valence-corrected chi connectivity index (χ3v) is 3.38. The van der Waals surface area contributed by atoms with Gasteiger partial charge in [-0.25, -0.2) is 0 Å². The van der Waals surface area contributed by atoms with Gasteiger partial charge in [-0.15, -0.1) is 0 Å². The second-order valence-electron chi connectivity index (χ2n) is 6.08. The fourth-order valence-corrected chi connectivity index (χ4v) is 2.41. The van der Waals surface area contributed by atoms with Crippen LogP contribution in [-0.4, -0.2) is 29.8 Å². The molecule has 3 nitrogen and oxygen atoms in total. The highest BCUT2D eigenvalue weighted by molar-refractivity contribution is 5.33. The van der Waals surface area contributed by atoms with E-state index in [0.29, 0.717) is 6.54 Å². The summed E-state index contributed by atoms with van der Waals surface area (Å²) in [5, 5.41) is 17.1. The van der Waals surface area contributed by atoms with Gasteiger partial charge in [-0.3, -0.25) is 0 Å². The van der Waals surface area contributed by atoms with Gasteiger partial charge in [0.25, 0.3) is 0 Å². The summed E-state index contributed by atoms with van der Waals surface area (Å²) in [5.41, 5.74) is 2.64. The maximum absolute atomic E-state index is 10.4. The minimum Gasteiger partial charge on any atom is -0.390 e. The number of hydrogen-bond acceptors (Lipinski definition) is 3. The lowest BCUT2D eigenvalue weighted by Crippen LogP contribution is -2.46. The molecule has 0 fully saturated rings. The minimum atomic E-state index is -0.398. The first-order chi connectivity index (χ1) is 8.47. The van der Waals surface area contributed by atoms with E-state index in [-0.39, 0.29) is 11.6 Å². The number of aliphatic hydroxyl groups is 1. The Morgan fingerprint density at radius 2 is 2.11 bits per heavy atom. The van der Waals surface area contributed by atoms with E-state index in [4.69, 9.17) is 0 Å². The monoisotopic (exact) mass is 248 g/mol. The number of benzene rings is 1. The first-order valence-corrected chi connectivity index (χ1v) is 6.72. The molecule has 0 spiro atoms. The maximum Gasteiger partial charge on any atom is 0.0859 e. The number of β-amino-alcohol motifs (C(OH)–C–C–N with tert-alkyl or cyclic N) is 1. The third-order valence-electron chi connectivity index (χ3n) is 3.38. The van der Waals surface area contributed by atoms with Crippen molar-refractivity contribution in [3.63, 3.8) is 0 Å². The highest BCUT2D eigenvalue weighted by Gasteiger charge is 2.26. The highest BCUT2D eigenvalue weighted by Crippen LogP contribution is 2.25. The van der Waals surface area contributed by atoms with Crippen molar-refractivity contribution in [3.05, 3.63) is 35.4 Å². The van der Waals surface area contributed by atoms with E-state index in [2.05, 4.69) is 49.6 Å². The van der Waals surface area contributed by atoms with E-state index >= 15 is 0 Å². The summed E-state index contributed by atoms with van der Waals surface area (Å²) in [6.07, 6.45) is 0.650. The normalized spacial score (nSPS) is 21.4. The van der Waals surface area contributed by atoms with Gasteiger partial charge in [0.1, 0.15) is 0 Å². The van der Waals surface area contributed by atoms with Crippen LogP contribution in [0.15, 0.2) is 24.3 Å². The smallest absolute Gasteiger partial charge is 0.0859 e. The van der Waals surface area contributed by atoms with Gasteiger partial charge in [-0.05, 0) is 44.9 Å². The van der Waals surface area contributed by atoms with Crippen LogP contribution < -0.4 is 10.6 Å². The standard InChI is InChI=1S/C15H24N2O/c1-15(2,3)17-10-13(18)14-12-7-5-4-6-11(12)8-9-16-14/h4-7,13-14,16-18H,8-10H2,1-3H3. The lowest BCUT2D eigenvalue weighted by atomic mass is 9.91. The molecule has 0 saturated carbocycles. The molecule has 1 aliphatic rings. The molecule has 3 N–H and O–H groups in total. The zero-order valence-corrected chi connectivity index (χ0v) is 11.5. The van der Waals surface area contributed by atoms with Gasteiger partial charge >= 0.3 is 0 Å². The summed E-state index contributed by atoms with van der Waals surface area (Å²) >= 11 is 0. The largest absolute Gasteiger partial charge is 0.390 e. The minimum absolute atomic E-state index is 0.0369. The molecule has 0 aliphatic carbocycles. The molecule has 0 saturated heterocycles. The van der Waals surface area contributed by atoms with Crippen molar-refractivity contribution in [2.45, 2.75) is 44.9 Å². The van der Waals surface area contributed by atoms with Gasteiger partial charge in [0.15, 0.2) is 0 Å². The quantitative estimate of drug-likeness (QED) is 0.761. The zero-order valence-electron chi connectivity index (χ0n) is 11.5. The summed E-state index contributed by atoms with van der Waals surface area (Å²) in [6, 6.07) is 8.44. The molecule has 100 valence electrons. The van der Waals surface area contributed by atoms with Crippen molar-refractivity contribution in [1.82, 2.24) is 10.6 Å². The van der Waals surface area contributed by atoms with Crippen LogP contribution in [-0.2, 0) is 6.42 Å². The molecule has 3 heteroatoms. The van der Waals surface area contributed by atoms with Crippen molar-refractivity contribution < 1.29 is 5.11 Å². The van der Waals surface area contributed by atoms with Crippen LogP contribution in [0.5, 0.6) is 0 Å². The van der Waals surface area contributed by atoms with Crippen molar-refractivity contribution in [2.24, 2.45) is 0 Å². The molecule has 0 aromatic heterocycles. The number of aliphatic hydroxyl groups excluding tert-OH is 1. The SMILES string of the molecule is CC(C)(C)NCC(O)C1NCCc2ccccc21. The van der Waals surface area contributed by atoms with Gasteiger partial charge in [0, 0.05) is 12.1 Å². The summed E-state index contributed by atoms with van der Waals surface area (Å²) < 4.78 is 0. The molecule has 1 aliphatic heterocycles. The van der Waals surface area contributed by atoms with Crippen molar-refractivity contribution in [1.29, 1.82) is 0 Å². The molecular formula is C15H24N2O. The van der Waals surface area contributed by atoms with Gasteiger partial charge in [0.2, 0.25) is 0 Å². The van der Waals surface area contributed by atoms with Crippen molar-refractivity contribution in [2.75, 3.05) is 13.1 Å². The Morgan fingerprint density at radius 3 is 2.83 bits per heavy atom. The topological polar surface area (TPSA) is 44.3 Å². The van der Waals surface area contributed by atoms with Crippen molar-refractivity contribution >= 4 is 0 Å². The lowest BCUT2D eigenvalue weighted by molar-refractivity contribution is 0.114. The number of rotatable bonds is 3. The van der Waals surface area contributed by atoms with E-state index in [1.165, 1.54) is 11.1 Å². The fraction of sp³-hybridized carbons (Fsp3) is 0.600. The van der Waals surface area contributed by atoms with Gasteiger partial charge in [-0.2, -0.15) is 0 Å². The zero-order chi connectivity index (χ0) is 13.2. The van der Waals surface area contributed by atoms with Crippen LogP contribution >= 0.6 is 0 Å². The maximum atomic E-state index is 10.4. The predicted molar refractivity (Wildman–Crippen MR) is 74.7 cm³/mol. The number of nitrogens with one attached hydrogen (secondary N) is 2.